The minimum Gasteiger partial charge on any atom is -0.392 e. The normalized spacial score (nSPS) is 32.2. The molecule has 0 amide bonds. The number of hydrogen-bond donors (Lipinski definition) is 1. The first-order valence-corrected chi connectivity index (χ1v) is 15.1. The summed E-state index contributed by atoms with van der Waals surface area (Å²) in [5, 5.41) is 11.1. The molecule has 0 aromatic rings. The topological polar surface area (TPSA) is 74.2 Å². The van der Waals surface area contributed by atoms with Crippen molar-refractivity contribution in [1.29, 1.82) is 0 Å². The Labute approximate surface area is 219 Å². The third-order valence-electron chi connectivity index (χ3n) is 8.07. The van der Waals surface area contributed by atoms with Gasteiger partial charge in [-0.2, -0.15) is 0 Å². The quantitative estimate of drug-likeness (QED) is 0.138. The van der Waals surface area contributed by atoms with Gasteiger partial charge in [0.05, 0.1) is 18.3 Å². The number of ether oxygens (including phenoxy) is 4. The molecule has 3 rings (SSSR count). The zero-order chi connectivity index (χ0) is 25.4. The minimum atomic E-state index is -0.405. The van der Waals surface area contributed by atoms with E-state index >= 15 is 0 Å². The maximum absolute atomic E-state index is 11.1. The molecule has 1 N–H and O–H groups in total. The van der Waals surface area contributed by atoms with E-state index in [9.17, 15) is 9.90 Å². The first-order valence-electron chi connectivity index (χ1n) is 15.1. The van der Waals surface area contributed by atoms with Gasteiger partial charge in [0.1, 0.15) is 6.29 Å². The van der Waals surface area contributed by atoms with Gasteiger partial charge >= 0.3 is 0 Å². The van der Waals surface area contributed by atoms with Crippen LogP contribution in [0.3, 0.4) is 0 Å². The van der Waals surface area contributed by atoms with Crippen molar-refractivity contribution < 1.29 is 28.8 Å². The summed E-state index contributed by atoms with van der Waals surface area (Å²) >= 11 is 0. The number of carbonyl (C=O) groups is 1. The first-order chi connectivity index (χ1) is 17.7. The predicted octanol–water partition coefficient (Wildman–Crippen LogP) is 6.48. The molecule has 1 aliphatic carbocycles. The lowest BCUT2D eigenvalue weighted by atomic mass is 9.87. The van der Waals surface area contributed by atoms with Gasteiger partial charge in [-0.25, -0.2) is 0 Å². The Morgan fingerprint density at radius 2 is 1.69 bits per heavy atom. The van der Waals surface area contributed by atoms with E-state index in [0.717, 1.165) is 103 Å². The van der Waals surface area contributed by atoms with Crippen molar-refractivity contribution in [2.24, 2.45) is 11.8 Å². The highest BCUT2D eigenvalue weighted by Crippen LogP contribution is 2.40. The zero-order valence-corrected chi connectivity index (χ0v) is 22.7. The maximum atomic E-state index is 11.1. The second-order valence-electron chi connectivity index (χ2n) is 11.0. The summed E-state index contributed by atoms with van der Waals surface area (Å²) in [6.45, 7) is 3.78. The molecule has 0 radical (unpaired) electrons. The average molecular weight is 509 g/mol. The Balaban J connectivity index is 1.62. The van der Waals surface area contributed by atoms with E-state index in [0.29, 0.717) is 12.8 Å². The molecular weight excluding hydrogens is 456 g/mol. The van der Waals surface area contributed by atoms with Gasteiger partial charge < -0.3 is 28.8 Å². The smallest absolute Gasteiger partial charge is 0.158 e. The summed E-state index contributed by atoms with van der Waals surface area (Å²) < 4.78 is 24.6. The first kappa shape index (κ1) is 29.8. The maximum Gasteiger partial charge on any atom is 0.158 e. The van der Waals surface area contributed by atoms with Gasteiger partial charge in [-0.05, 0) is 63.7 Å². The molecule has 0 aromatic heterocycles. The fourth-order valence-electron chi connectivity index (χ4n) is 5.95. The van der Waals surface area contributed by atoms with Gasteiger partial charge in [0.2, 0.25) is 0 Å². The highest BCUT2D eigenvalue weighted by atomic mass is 16.7. The van der Waals surface area contributed by atoms with E-state index < -0.39 is 6.10 Å². The van der Waals surface area contributed by atoms with Crippen molar-refractivity contribution in [3.63, 3.8) is 0 Å². The van der Waals surface area contributed by atoms with Gasteiger partial charge in [0, 0.05) is 32.0 Å². The SMILES string of the molecule is CCCCC[C@@H](/C=C/[C@@H]1[C@@H](CCCCCCC=O)[C@@H](OC2CCCCO2)C[C@H]1O)OC1CCCCO1. The summed E-state index contributed by atoms with van der Waals surface area (Å²) in [6, 6.07) is 0. The van der Waals surface area contributed by atoms with Gasteiger partial charge in [-0.3, -0.25) is 0 Å². The van der Waals surface area contributed by atoms with Crippen molar-refractivity contribution in [3.05, 3.63) is 12.2 Å². The van der Waals surface area contributed by atoms with Crippen LogP contribution in [0.15, 0.2) is 12.2 Å². The molecule has 0 spiro atoms. The summed E-state index contributed by atoms with van der Waals surface area (Å²) in [6.07, 6.45) is 22.4. The predicted molar refractivity (Wildman–Crippen MR) is 142 cm³/mol. The summed E-state index contributed by atoms with van der Waals surface area (Å²) in [4.78, 5) is 10.6. The molecule has 2 heterocycles. The Kier molecular flexibility index (Phi) is 14.6. The van der Waals surface area contributed by atoms with Crippen LogP contribution < -0.4 is 0 Å². The highest BCUT2D eigenvalue weighted by Gasteiger charge is 2.42. The van der Waals surface area contributed by atoms with Crippen molar-refractivity contribution in [2.45, 2.75) is 147 Å². The van der Waals surface area contributed by atoms with Crippen LogP contribution in [0, 0.1) is 11.8 Å². The second-order valence-corrected chi connectivity index (χ2v) is 11.0. The number of aldehydes is 1. The Bertz CT molecular complexity index is 598. The van der Waals surface area contributed by atoms with Crippen molar-refractivity contribution >= 4 is 6.29 Å². The van der Waals surface area contributed by atoms with Crippen LogP contribution in [0.5, 0.6) is 0 Å². The van der Waals surface area contributed by atoms with Gasteiger partial charge in [0.25, 0.3) is 0 Å². The van der Waals surface area contributed by atoms with E-state index in [1.165, 1.54) is 12.8 Å². The molecule has 6 nitrogen and oxygen atoms in total. The van der Waals surface area contributed by atoms with Crippen LogP contribution in [0.25, 0.3) is 0 Å². The molecule has 208 valence electrons. The fraction of sp³-hybridized carbons (Fsp3) is 0.900. The standard InChI is InChI=1S/C30H52O6/c1-2-3-7-14-24(35-29-16-9-12-21-33-29)18-19-25-26(15-8-5-4-6-11-20-31)28(23-27(25)32)36-30-17-10-13-22-34-30/h18-20,24-30,32H,2-17,21-23H2,1H3/b19-18+/t24-,25+,26+,27+,28-,29?,30?/m0/s1. The molecule has 6 heteroatoms. The van der Waals surface area contributed by atoms with Crippen LogP contribution in [0.1, 0.15) is 116 Å². The molecule has 36 heavy (non-hydrogen) atoms. The van der Waals surface area contributed by atoms with E-state index in [-0.39, 0.29) is 36.6 Å². The van der Waals surface area contributed by atoms with Crippen LogP contribution >= 0.6 is 0 Å². The molecule has 0 aromatic carbocycles. The van der Waals surface area contributed by atoms with Crippen LogP contribution in [0.2, 0.25) is 0 Å². The summed E-state index contributed by atoms with van der Waals surface area (Å²) in [7, 11) is 0. The molecule has 3 aliphatic rings. The molecule has 3 fully saturated rings. The average Bonchev–Trinajstić information content (AvgIpc) is 3.19. The van der Waals surface area contributed by atoms with Gasteiger partial charge in [-0.1, -0.05) is 57.6 Å². The number of aliphatic hydroxyl groups is 1. The molecule has 1 saturated carbocycles. The van der Waals surface area contributed by atoms with E-state index in [1.807, 2.05) is 0 Å². The second kappa shape index (κ2) is 17.7. The lowest BCUT2D eigenvalue weighted by Gasteiger charge is -2.30. The largest absolute Gasteiger partial charge is 0.392 e. The van der Waals surface area contributed by atoms with Crippen molar-refractivity contribution in [2.75, 3.05) is 13.2 Å². The fourth-order valence-corrected chi connectivity index (χ4v) is 5.95. The highest BCUT2D eigenvalue weighted by molar-refractivity contribution is 5.48. The molecule has 2 aliphatic heterocycles. The van der Waals surface area contributed by atoms with Crippen LogP contribution in [-0.4, -0.2) is 55.5 Å². The molecule has 7 atom stereocenters. The molecular formula is C30H52O6. The minimum absolute atomic E-state index is 0.0221. The third-order valence-corrected chi connectivity index (χ3v) is 8.07. The van der Waals surface area contributed by atoms with E-state index in [2.05, 4.69) is 19.1 Å². The summed E-state index contributed by atoms with van der Waals surface area (Å²) in [5.41, 5.74) is 0. The Morgan fingerprint density at radius 3 is 2.39 bits per heavy atom. The lowest BCUT2D eigenvalue weighted by Crippen LogP contribution is -2.31. The van der Waals surface area contributed by atoms with Crippen molar-refractivity contribution in [3.8, 4) is 0 Å². The zero-order valence-electron chi connectivity index (χ0n) is 22.7. The number of carbonyl (C=O) groups excluding carboxylic acids is 1. The number of hydrogen-bond acceptors (Lipinski definition) is 6. The third kappa shape index (κ3) is 10.5. The van der Waals surface area contributed by atoms with Gasteiger partial charge in [0.15, 0.2) is 12.6 Å². The van der Waals surface area contributed by atoms with Crippen LogP contribution in [-0.2, 0) is 23.7 Å². The van der Waals surface area contributed by atoms with E-state index in [4.69, 9.17) is 18.9 Å². The number of rotatable bonds is 17. The molecule has 2 unspecified atom stereocenters. The van der Waals surface area contributed by atoms with Crippen LogP contribution in [0.4, 0.5) is 0 Å². The molecule has 0 bridgehead atoms. The Morgan fingerprint density at radius 1 is 0.944 bits per heavy atom. The van der Waals surface area contributed by atoms with Crippen molar-refractivity contribution in [1.82, 2.24) is 0 Å². The molecule has 2 saturated heterocycles. The number of unbranched alkanes of at least 4 members (excludes halogenated alkanes) is 6. The lowest BCUT2D eigenvalue weighted by molar-refractivity contribution is -0.196. The Hall–Kier alpha value is -0.790. The van der Waals surface area contributed by atoms with E-state index in [1.54, 1.807) is 0 Å². The van der Waals surface area contributed by atoms with Gasteiger partial charge in [-0.15, -0.1) is 0 Å². The summed E-state index contributed by atoms with van der Waals surface area (Å²) in [5.74, 6) is 0.341. The monoisotopic (exact) mass is 508 g/mol. The number of aliphatic hydroxyl groups excluding tert-OH is 1.